The molecule has 1 aliphatic rings. The molecule has 8 heteroatoms. The van der Waals surface area contributed by atoms with Crippen molar-refractivity contribution in [3.05, 3.63) is 57.8 Å². The molecule has 1 heterocycles. The van der Waals surface area contributed by atoms with Crippen molar-refractivity contribution in [2.45, 2.75) is 22.3 Å². The third kappa shape index (κ3) is 3.37. The number of halogens is 3. The van der Waals surface area contributed by atoms with E-state index in [4.69, 9.17) is 23.2 Å². The molecule has 23 heavy (non-hydrogen) atoms. The first-order chi connectivity index (χ1) is 10.9. The van der Waals surface area contributed by atoms with Crippen molar-refractivity contribution in [3.8, 4) is 0 Å². The molecule has 1 atom stereocenters. The summed E-state index contributed by atoms with van der Waals surface area (Å²) >= 11 is 13.3. The number of sulfonamides is 1. The highest BCUT2D eigenvalue weighted by molar-refractivity contribution is 7.99. The molecule has 0 bridgehead atoms. The molecule has 2 aromatic rings. The number of rotatable bonds is 3. The molecular weight excluding hydrogens is 380 g/mol. The molecule has 0 fully saturated rings. The van der Waals surface area contributed by atoms with Crippen molar-refractivity contribution < 1.29 is 12.8 Å². The first kappa shape index (κ1) is 17.0. The first-order valence-electron chi connectivity index (χ1n) is 6.77. The lowest BCUT2D eigenvalue weighted by atomic mass is 10.0. The van der Waals surface area contributed by atoms with Crippen LogP contribution in [-0.4, -0.2) is 14.2 Å². The van der Waals surface area contributed by atoms with Gasteiger partial charge >= 0.3 is 0 Å². The number of nitrogens with one attached hydrogen (secondary N) is 1. The minimum Gasteiger partial charge on any atom is -0.207 e. The predicted molar refractivity (Wildman–Crippen MR) is 91.3 cm³/mol. The van der Waals surface area contributed by atoms with Crippen molar-refractivity contribution >= 4 is 45.0 Å². The zero-order chi connectivity index (χ0) is 16.6. The fraction of sp³-hybridized carbons (Fsp3) is 0.200. The molecule has 0 aliphatic carbocycles. The zero-order valence-corrected chi connectivity index (χ0v) is 14.9. The van der Waals surface area contributed by atoms with Crippen molar-refractivity contribution in [2.75, 3.05) is 5.75 Å². The van der Waals surface area contributed by atoms with Crippen LogP contribution in [0.2, 0.25) is 10.0 Å². The third-order valence-electron chi connectivity index (χ3n) is 3.53. The Morgan fingerprint density at radius 2 is 1.91 bits per heavy atom. The van der Waals surface area contributed by atoms with Gasteiger partial charge in [0.2, 0.25) is 10.0 Å². The summed E-state index contributed by atoms with van der Waals surface area (Å²) in [5, 5.41) is 0.145. The third-order valence-corrected chi connectivity index (χ3v) is 7.13. The molecule has 3 nitrogen and oxygen atoms in total. The van der Waals surface area contributed by atoms with Crippen LogP contribution in [0.5, 0.6) is 0 Å². The fourth-order valence-corrected chi connectivity index (χ4v) is 5.60. The zero-order valence-electron chi connectivity index (χ0n) is 11.7. The SMILES string of the molecule is O=S(=O)(NC1CCSc2c(F)cccc21)c1cccc(Cl)c1Cl. The Kier molecular flexibility index (Phi) is 4.90. The van der Waals surface area contributed by atoms with Gasteiger partial charge in [-0.1, -0.05) is 41.4 Å². The lowest BCUT2D eigenvalue weighted by Crippen LogP contribution is -2.31. The Balaban J connectivity index is 1.97. The Morgan fingerprint density at radius 3 is 2.70 bits per heavy atom. The van der Waals surface area contributed by atoms with Gasteiger partial charge in [-0.15, -0.1) is 11.8 Å². The van der Waals surface area contributed by atoms with Crippen molar-refractivity contribution in [1.29, 1.82) is 0 Å². The van der Waals surface area contributed by atoms with Crippen LogP contribution in [0.25, 0.3) is 0 Å². The van der Waals surface area contributed by atoms with Gasteiger partial charge in [-0.3, -0.25) is 0 Å². The molecule has 0 saturated carbocycles. The minimum atomic E-state index is -3.87. The molecule has 1 N–H and O–H groups in total. The van der Waals surface area contributed by atoms with E-state index in [0.717, 1.165) is 0 Å². The van der Waals surface area contributed by atoms with E-state index in [1.54, 1.807) is 12.1 Å². The van der Waals surface area contributed by atoms with Crippen LogP contribution in [-0.2, 0) is 10.0 Å². The smallest absolute Gasteiger partial charge is 0.207 e. The molecule has 122 valence electrons. The summed E-state index contributed by atoms with van der Waals surface area (Å²) in [5.41, 5.74) is 0.642. The summed E-state index contributed by atoms with van der Waals surface area (Å²) in [6, 6.07) is 8.61. The van der Waals surface area contributed by atoms with E-state index in [1.807, 2.05) is 0 Å². The predicted octanol–water partition coefficient (Wildman–Crippen LogP) is 4.65. The lowest BCUT2D eigenvalue weighted by Gasteiger charge is -2.26. The van der Waals surface area contributed by atoms with Gasteiger partial charge in [0.05, 0.1) is 10.0 Å². The standard InChI is InChI=1S/C15H12Cl2FNO2S2/c16-10-4-2-6-13(14(10)17)23(20,21)19-12-7-8-22-15-9(12)3-1-5-11(15)18/h1-6,12,19H,7-8H2. The Hall–Kier alpha value is -0.790. The monoisotopic (exact) mass is 391 g/mol. The topological polar surface area (TPSA) is 46.2 Å². The van der Waals surface area contributed by atoms with Gasteiger partial charge in [0.25, 0.3) is 0 Å². The Labute approximate surface area is 148 Å². The maximum absolute atomic E-state index is 13.9. The van der Waals surface area contributed by atoms with Crippen LogP contribution in [0.3, 0.4) is 0 Å². The number of benzene rings is 2. The molecule has 0 aromatic heterocycles. The van der Waals surface area contributed by atoms with Gasteiger partial charge in [0.15, 0.2) is 0 Å². The minimum absolute atomic E-state index is 0.0219. The second-order valence-electron chi connectivity index (χ2n) is 5.02. The fourth-order valence-electron chi connectivity index (χ4n) is 2.45. The summed E-state index contributed by atoms with van der Waals surface area (Å²) < 4.78 is 41.7. The van der Waals surface area contributed by atoms with Crippen LogP contribution in [0.4, 0.5) is 4.39 Å². The van der Waals surface area contributed by atoms with E-state index < -0.39 is 16.1 Å². The van der Waals surface area contributed by atoms with Crippen LogP contribution in [0, 0.1) is 5.82 Å². The highest BCUT2D eigenvalue weighted by Gasteiger charge is 2.29. The second-order valence-corrected chi connectivity index (χ2v) is 8.59. The molecule has 0 amide bonds. The van der Waals surface area contributed by atoms with Crippen molar-refractivity contribution in [2.24, 2.45) is 0 Å². The second kappa shape index (κ2) is 6.61. The summed E-state index contributed by atoms with van der Waals surface area (Å²) in [5.74, 6) is 0.293. The van der Waals surface area contributed by atoms with E-state index in [9.17, 15) is 12.8 Å². The van der Waals surface area contributed by atoms with Crippen LogP contribution in [0.15, 0.2) is 46.2 Å². The maximum atomic E-state index is 13.9. The summed E-state index contributed by atoms with van der Waals surface area (Å²) in [6.07, 6.45) is 0.568. The summed E-state index contributed by atoms with van der Waals surface area (Å²) in [7, 11) is -3.87. The first-order valence-corrected chi connectivity index (χ1v) is 10.00. The van der Waals surface area contributed by atoms with Crippen molar-refractivity contribution in [1.82, 2.24) is 4.72 Å². The number of fused-ring (bicyclic) bond motifs is 1. The van der Waals surface area contributed by atoms with Crippen LogP contribution >= 0.6 is 35.0 Å². The van der Waals surface area contributed by atoms with Gasteiger partial charge in [-0.25, -0.2) is 17.5 Å². The number of hydrogen-bond acceptors (Lipinski definition) is 3. The molecule has 0 saturated heterocycles. The van der Waals surface area contributed by atoms with Gasteiger partial charge in [-0.2, -0.15) is 0 Å². The largest absolute Gasteiger partial charge is 0.242 e. The highest BCUT2D eigenvalue weighted by atomic mass is 35.5. The Bertz CT molecular complexity index is 859. The molecule has 1 unspecified atom stereocenters. The maximum Gasteiger partial charge on any atom is 0.242 e. The summed E-state index contributed by atoms with van der Waals surface area (Å²) in [4.78, 5) is 0.409. The van der Waals surface area contributed by atoms with E-state index in [0.29, 0.717) is 22.6 Å². The Morgan fingerprint density at radius 1 is 1.17 bits per heavy atom. The average molecular weight is 392 g/mol. The van der Waals surface area contributed by atoms with Crippen LogP contribution in [0.1, 0.15) is 18.0 Å². The van der Waals surface area contributed by atoms with E-state index in [-0.39, 0.29) is 20.8 Å². The highest BCUT2D eigenvalue weighted by Crippen LogP contribution is 2.39. The quantitative estimate of drug-likeness (QED) is 0.827. The van der Waals surface area contributed by atoms with E-state index in [2.05, 4.69) is 4.72 Å². The molecule has 3 rings (SSSR count). The average Bonchev–Trinajstić information content (AvgIpc) is 2.50. The van der Waals surface area contributed by atoms with Gasteiger partial charge in [-0.05, 0) is 35.9 Å². The molecule has 0 radical (unpaired) electrons. The molecule has 2 aromatic carbocycles. The van der Waals surface area contributed by atoms with Gasteiger partial charge < -0.3 is 0 Å². The molecular formula is C15H12Cl2FNO2S2. The van der Waals surface area contributed by atoms with Crippen molar-refractivity contribution in [3.63, 3.8) is 0 Å². The van der Waals surface area contributed by atoms with Gasteiger partial charge in [0, 0.05) is 10.9 Å². The lowest BCUT2D eigenvalue weighted by molar-refractivity contribution is 0.533. The number of thioether (sulfide) groups is 1. The molecule has 1 aliphatic heterocycles. The normalized spacial score (nSPS) is 17.8. The van der Waals surface area contributed by atoms with Gasteiger partial charge in [0.1, 0.15) is 10.7 Å². The van der Waals surface area contributed by atoms with Crippen LogP contribution < -0.4 is 4.72 Å². The van der Waals surface area contributed by atoms with E-state index in [1.165, 1.54) is 36.0 Å². The summed E-state index contributed by atoms with van der Waals surface area (Å²) in [6.45, 7) is 0. The van der Waals surface area contributed by atoms with E-state index >= 15 is 0 Å². The number of hydrogen-bond donors (Lipinski definition) is 1. The molecule has 0 spiro atoms.